The molecular formula is C21H20FN3O2. The molecule has 0 aliphatic rings. The minimum Gasteiger partial charge on any atom is -0.439 e. The second kappa shape index (κ2) is 8.91. The van der Waals surface area contributed by atoms with Crippen LogP contribution in [0.5, 0.6) is 11.6 Å². The van der Waals surface area contributed by atoms with Crippen LogP contribution in [0.4, 0.5) is 4.39 Å². The van der Waals surface area contributed by atoms with Gasteiger partial charge in [0.05, 0.1) is 0 Å². The molecule has 0 saturated heterocycles. The Balaban J connectivity index is 1.46. The molecular weight excluding hydrogens is 345 g/mol. The fourth-order valence-corrected chi connectivity index (χ4v) is 2.54. The van der Waals surface area contributed by atoms with Gasteiger partial charge in [-0.3, -0.25) is 4.79 Å². The van der Waals surface area contributed by atoms with E-state index in [0.29, 0.717) is 23.7 Å². The maximum Gasteiger partial charge on any atom is 0.248 e. The van der Waals surface area contributed by atoms with E-state index < -0.39 is 5.91 Å². The summed E-state index contributed by atoms with van der Waals surface area (Å²) in [5.41, 5.74) is 7.62. The van der Waals surface area contributed by atoms with Crippen LogP contribution in [0, 0.1) is 5.82 Å². The summed E-state index contributed by atoms with van der Waals surface area (Å²) in [6, 6.07) is 16.9. The number of primary amides is 1. The molecule has 1 amide bonds. The summed E-state index contributed by atoms with van der Waals surface area (Å²) in [6.07, 6.45) is 2.50. The second-order valence-electron chi connectivity index (χ2n) is 6.05. The molecule has 0 aliphatic carbocycles. The fraction of sp³-hybridized carbons (Fsp3) is 0.143. The van der Waals surface area contributed by atoms with Crippen LogP contribution in [-0.2, 0) is 13.0 Å². The Morgan fingerprint density at radius 2 is 1.89 bits per heavy atom. The van der Waals surface area contributed by atoms with E-state index in [4.69, 9.17) is 10.5 Å². The molecule has 27 heavy (non-hydrogen) atoms. The summed E-state index contributed by atoms with van der Waals surface area (Å²) in [5.74, 6) is 0.351. The number of hydrogen-bond donors (Lipinski definition) is 2. The predicted octanol–water partition coefficient (Wildman–Crippen LogP) is 3.44. The molecule has 138 valence electrons. The summed E-state index contributed by atoms with van der Waals surface area (Å²) in [6.45, 7) is 1.41. The minimum absolute atomic E-state index is 0.212. The molecule has 0 aliphatic heterocycles. The molecule has 1 aromatic heterocycles. The van der Waals surface area contributed by atoms with Crippen LogP contribution < -0.4 is 15.8 Å². The van der Waals surface area contributed by atoms with E-state index in [-0.39, 0.29) is 5.82 Å². The maximum absolute atomic E-state index is 13.1. The molecule has 0 atom stereocenters. The van der Waals surface area contributed by atoms with Crippen molar-refractivity contribution in [3.05, 3.63) is 89.4 Å². The Kier molecular flexibility index (Phi) is 6.12. The lowest BCUT2D eigenvalue weighted by Gasteiger charge is -2.07. The molecule has 3 aromatic rings. The number of nitrogens with zero attached hydrogens (tertiary/aromatic N) is 1. The zero-order chi connectivity index (χ0) is 19.1. The smallest absolute Gasteiger partial charge is 0.248 e. The van der Waals surface area contributed by atoms with Crippen molar-refractivity contribution < 1.29 is 13.9 Å². The highest BCUT2D eigenvalue weighted by Crippen LogP contribution is 2.19. The topological polar surface area (TPSA) is 77.2 Å². The van der Waals surface area contributed by atoms with Gasteiger partial charge in [-0.25, -0.2) is 9.37 Å². The molecule has 0 saturated carbocycles. The molecule has 3 N–H and O–H groups in total. The van der Waals surface area contributed by atoms with Gasteiger partial charge in [0.1, 0.15) is 11.6 Å². The third-order valence-corrected chi connectivity index (χ3v) is 3.97. The summed E-state index contributed by atoms with van der Waals surface area (Å²) >= 11 is 0. The number of halogens is 1. The number of hydrogen-bond acceptors (Lipinski definition) is 4. The van der Waals surface area contributed by atoms with Crippen LogP contribution in [0.15, 0.2) is 66.9 Å². The highest BCUT2D eigenvalue weighted by Gasteiger charge is 2.03. The van der Waals surface area contributed by atoms with Crippen LogP contribution in [0.1, 0.15) is 21.5 Å². The average Bonchev–Trinajstić information content (AvgIpc) is 2.67. The molecule has 0 bridgehead atoms. The van der Waals surface area contributed by atoms with E-state index in [1.807, 2.05) is 12.1 Å². The zero-order valence-electron chi connectivity index (χ0n) is 14.7. The molecule has 1 heterocycles. The van der Waals surface area contributed by atoms with Gasteiger partial charge in [-0.1, -0.05) is 18.2 Å². The number of aromatic nitrogens is 1. The average molecular weight is 365 g/mol. The van der Waals surface area contributed by atoms with Gasteiger partial charge in [-0.2, -0.15) is 0 Å². The monoisotopic (exact) mass is 365 g/mol. The number of nitrogens with one attached hydrogen (secondary N) is 1. The van der Waals surface area contributed by atoms with Crippen molar-refractivity contribution >= 4 is 5.91 Å². The van der Waals surface area contributed by atoms with Gasteiger partial charge >= 0.3 is 0 Å². The molecule has 3 rings (SSSR count). The molecule has 5 nitrogen and oxygen atoms in total. The van der Waals surface area contributed by atoms with Crippen molar-refractivity contribution in [1.29, 1.82) is 0 Å². The number of benzene rings is 2. The maximum atomic E-state index is 13.1. The first-order valence-corrected chi connectivity index (χ1v) is 8.58. The van der Waals surface area contributed by atoms with Gasteiger partial charge < -0.3 is 15.8 Å². The van der Waals surface area contributed by atoms with E-state index in [9.17, 15) is 9.18 Å². The third-order valence-electron chi connectivity index (χ3n) is 3.97. The molecule has 0 spiro atoms. The number of carbonyl (C=O) groups excluding carboxylic acids is 1. The predicted molar refractivity (Wildman–Crippen MR) is 101 cm³/mol. The normalized spacial score (nSPS) is 10.6. The number of nitrogens with two attached hydrogens (primary N) is 1. The van der Waals surface area contributed by atoms with E-state index in [2.05, 4.69) is 10.3 Å². The fourth-order valence-electron chi connectivity index (χ4n) is 2.54. The van der Waals surface area contributed by atoms with Gasteiger partial charge in [0, 0.05) is 24.4 Å². The van der Waals surface area contributed by atoms with Gasteiger partial charge in [0.2, 0.25) is 11.8 Å². The summed E-state index contributed by atoms with van der Waals surface area (Å²) in [4.78, 5) is 15.3. The Morgan fingerprint density at radius 1 is 1.07 bits per heavy atom. The lowest BCUT2D eigenvalue weighted by molar-refractivity contribution is 0.100. The zero-order valence-corrected chi connectivity index (χ0v) is 14.7. The minimum atomic E-state index is -0.478. The van der Waals surface area contributed by atoms with Crippen molar-refractivity contribution in [2.75, 3.05) is 6.54 Å². The lowest BCUT2D eigenvalue weighted by Crippen LogP contribution is -2.16. The molecule has 2 aromatic carbocycles. The summed E-state index contributed by atoms with van der Waals surface area (Å²) in [7, 11) is 0. The highest BCUT2D eigenvalue weighted by atomic mass is 19.1. The SMILES string of the molecule is NC(=O)c1ccc(Oc2ccc(CNCCc3cccc(F)c3)cn2)cc1. The Hall–Kier alpha value is -3.25. The molecule has 0 fully saturated rings. The highest BCUT2D eigenvalue weighted by molar-refractivity contribution is 5.92. The van der Waals surface area contributed by atoms with Gasteiger partial charge in [0.15, 0.2) is 0 Å². The number of ether oxygens (including phenoxy) is 1. The van der Waals surface area contributed by atoms with E-state index >= 15 is 0 Å². The van der Waals surface area contributed by atoms with Crippen LogP contribution in [-0.4, -0.2) is 17.4 Å². The van der Waals surface area contributed by atoms with Crippen molar-refractivity contribution in [2.45, 2.75) is 13.0 Å². The van der Waals surface area contributed by atoms with Crippen molar-refractivity contribution in [3.63, 3.8) is 0 Å². The second-order valence-corrected chi connectivity index (χ2v) is 6.05. The number of rotatable bonds is 8. The first-order valence-electron chi connectivity index (χ1n) is 8.58. The number of pyridine rings is 1. The first-order chi connectivity index (χ1) is 13.1. The van der Waals surface area contributed by atoms with E-state index in [1.54, 1.807) is 48.7 Å². The summed E-state index contributed by atoms with van der Waals surface area (Å²) in [5, 5.41) is 3.31. The van der Waals surface area contributed by atoms with Crippen molar-refractivity contribution in [2.24, 2.45) is 5.73 Å². The molecule has 0 unspecified atom stereocenters. The van der Waals surface area contributed by atoms with Crippen molar-refractivity contribution in [1.82, 2.24) is 10.3 Å². The van der Waals surface area contributed by atoms with E-state index in [1.165, 1.54) is 6.07 Å². The van der Waals surface area contributed by atoms with Gasteiger partial charge in [-0.05, 0) is 60.5 Å². The molecule has 0 radical (unpaired) electrons. The number of amides is 1. The van der Waals surface area contributed by atoms with Gasteiger partial charge in [-0.15, -0.1) is 0 Å². The van der Waals surface area contributed by atoms with Crippen LogP contribution in [0.25, 0.3) is 0 Å². The van der Waals surface area contributed by atoms with Crippen LogP contribution in [0.3, 0.4) is 0 Å². The van der Waals surface area contributed by atoms with Crippen molar-refractivity contribution in [3.8, 4) is 11.6 Å². The van der Waals surface area contributed by atoms with E-state index in [0.717, 1.165) is 24.1 Å². The Bertz CT molecular complexity index is 896. The first kappa shape index (κ1) is 18.5. The standard InChI is InChI=1S/C21H20FN3O2/c22-18-3-1-2-15(12-18)10-11-24-13-16-4-9-20(25-14-16)27-19-7-5-17(6-8-19)21(23)26/h1-9,12,14,24H,10-11,13H2,(H2,23,26). The van der Waals surface area contributed by atoms with Gasteiger partial charge in [0.25, 0.3) is 0 Å². The Morgan fingerprint density at radius 3 is 2.56 bits per heavy atom. The number of carbonyl (C=O) groups is 1. The lowest BCUT2D eigenvalue weighted by atomic mass is 10.1. The third kappa shape index (κ3) is 5.62. The molecule has 6 heteroatoms. The van der Waals surface area contributed by atoms with Crippen LogP contribution >= 0.6 is 0 Å². The largest absolute Gasteiger partial charge is 0.439 e. The summed E-state index contributed by atoms with van der Waals surface area (Å²) < 4.78 is 18.8. The Labute approximate surface area is 157 Å². The van der Waals surface area contributed by atoms with Crippen LogP contribution in [0.2, 0.25) is 0 Å². The quantitative estimate of drug-likeness (QED) is 0.600.